The summed E-state index contributed by atoms with van der Waals surface area (Å²) < 4.78 is 3.90. The van der Waals surface area contributed by atoms with Crippen LogP contribution in [0.25, 0.3) is 16.6 Å². The number of hydrogen-bond donors (Lipinski definition) is 0. The van der Waals surface area contributed by atoms with Crippen LogP contribution in [0.1, 0.15) is 43.0 Å². The first-order valence-electron chi connectivity index (χ1n) is 13.1. The van der Waals surface area contributed by atoms with Gasteiger partial charge in [-0.15, -0.1) is 0 Å². The Morgan fingerprint density at radius 1 is 1.13 bits per heavy atom. The first kappa shape index (κ1) is 24.6. The van der Waals surface area contributed by atoms with Gasteiger partial charge in [0, 0.05) is 47.2 Å². The number of amides is 1. The van der Waals surface area contributed by atoms with Crippen LogP contribution in [-0.4, -0.2) is 72.8 Å². The largest absolute Gasteiger partial charge is 0.341 e. The summed E-state index contributed by atoms with van der Waals surface area (Å²) in [7, 11) is 2.05. The molecule has 6 heterocycles. The maximum absolute atomic E-state index is 13.0. The van der Waals surface area contributed by atoms with Gasteiger partial charge in [-0.25, -0.2) is 9.50 Å². The van der Waals surface area contributed by atoms with Crippen molar-refractivity contribution in [1.29, 1.82) is 5.26 Å². The third-order valence-electron chi connectivity index (χ3n) is 7.83. The second kappa shape index (κ2) is 10.2. The number of carbonyl (C=O) groups is 1. The summed E-state index contributed by atoms with van der Waals surface area (Å²) in [6.45, 7) is 4.65. The molecule has 194 valence electrons. The molecule has 2 saturated heterocycles. The fourth-order valence-corrected chi connectivity index (χ4v) is 6.72. The maximum atomic E-state index is 13.0. The number of carbonyl (C=O) groups excluding carboxylic acids is 1. The monoisotopic (exact) mass is 526 g/mol. The van der Waals surface area contributed by atoms with E-state index in [9.17, 15) is 10.1 Å². The number of piperidine rings is 1. The maximum Gasteiger partial charge on any atom is 0.239 e. The van der Waals surface area contributed by atoms with Gasteiger partial charge in [0.2, 0.25) is 5.91 Å². The van der Waals surface area contributed by atoms with Crippen LogP contribution in [0.2, 0.25) is 0 Å². The van der Waals surface area contributed by atoms with E-state index in [1.54, 1.807) is 16.9 Å². The van der Waals surface area contributed by atoms with E-state index < -0.39 is 0 Å². The summed E-state index contributed by atoms with van der Waals surface area (Å²) in [5, 5.41) is 19.8. The summed E-state index contributed by atoms with van der Waals surface area (Å²) in [5.74, 6) is 0.281. The van der Waals surface area contributed by atoms with Gasteiger partial charge in [-0.05, 0) is 64.4 Å². The van der Waals surface area contributed by atoms with Gasteiger partial charge in [-0.3, -0.25) is 14.4 Å². The first-order valence-corrected chi connectivity index (χ1v) is 13.9. The number of pyridine rings is 2. The zero-order chi connectivity index (χ0) is 26.2. The summed E-state index contributed by atoms with van der Waals surface area (Å²) in [4.78, 5) is 22.6. The molecular weight excluding hydrogens is 496 g/mol. The number of nitriles is 1. The van der Waals surface area contributed by atoms with Gasteiger partial charge in [0.25, 0.3) is 0 Å². The minimum absolute atomic E-state index is 0.0431. The second-order valence-electron chi connectivity index (χ2n) is 10.1. The van der Waals surface area contributed by atoms with Gasteiger partial charge in [0.15, 0.2) is 0 Å². The zero-order valence-corrected chi connectivity index (χ0v) is 22.4. The number of aromatic nitrogens is 5. The molecule has 2 fully saturated rings. The molecule has 0 radical (unpaired) electrons. The van der Waals surface area contributed by atoms with Gasteiger partial charge in [0.1, 0.15) is 11.1 Å². The van der Waals surface area contributed by atoms with Gasteiger partial charge in [-0.1, -0.05) is 17.8 Å². The Balaban J connectivity index is 1.25. The molecule has 0 unspecified atom stereocenters. The topological polar surface area (TPSA) is 95.4 Å². The second-order valence-corrected chi connectivity index (χ2v) is 11.2. The SMILES string of the molecule is Cc1c(-c2cc(Sc3ccccn3)c3c(C#N)cnn3c2)cnn1C1CCN(C(=O)[C@@H]2CCCN2C)CC1. The lowest BCUT2D eigenvalue weighted by Crippen LogP contribution is -2.47. The third kappa shape index (κ3) is 4.46. The van der Waals surface area contributed by atoms with Gasteiger partial charge >= 0.3 is 0 Å². The molecule has 2 aliphatic rings. The first-order chi connectivity index (χ1) is 18.5. The smallest absolute Gasteiger partial charge is 0.239 e. The van der Waals surface area contributed by atoms with Crippen molar-refractivity contribution in [2.24, 2.45) is 0 Å². The van der Waals surface area contributed by atoms with Crippen LogP contribution >= 0.6 is 11.8 Å². The standard InChI is InChI=1S/C28H30N8OS/c1-19-23(17-32-36(19)22-8-12-34(13-9-22)28(37)24-6-5-11-33(24)2)20-14-25(38-26-7-3-4-10-30-26)27-21(15-29)16-31-35(27)18-20/h3-4,7,10,14,16-18,22,24H,5-6,8-9,11-13H2,1-2H3/t24-/m0/s1. The van der Waals surface area contributed by atoms with Crippen molar-refractivity contribution in [2.75, 3.05) is 26.7 Å². The molecule has 0 spiro atoms. The molecule has 4 aromatic rings. The van der Waals surface area contributed by atoms with Crippen molar-refractivity contribution in [1.82, 2.24) is 34.2 Å². The predicted molar refractivity (Wildman–Crippen MR) is 145 cm³/mol. The van der Waals surface area contributed by atoms with E-state index in [2.05, 4.69) is 45.8 Å². The van der Waals surface area contributed by atoms with E-state index in [0.29, 0.717) is 5.56 Å². The number of rotatable bonds is 5. The van der Waals surface area contributed by atoms with Crippen LogP contribution in [-0.2, 0) is 4.79 Å². The summed E-state index contributed by atoms with van der Waals surface area (Å²) in [6, 6.07) is 10.5. The Morgan fingerprint density at radius 2 is 1.97 bits per heavy atom. The van der Waals surface area contributed by atoms with Crippen molar-refractivity contribution in [3.63, 3.8) is 0 Å². The van der Waals surface area contributed by atoms with Crippen LogP contribution in [0, 0.1) is 18.3 Å². The highest BCUT2D eigenvalue weighted by Crippen LogP contribution is 2.36. The van der Waals surface area contributed by atoms with Crippen LogP contribution in [0.4, 0.5) is 0 Å². The van der Waals surface area contributed by atoms with Crippen molar-refractivity contribution in [2.45, 2.75) is 54.6 Å². The number of likely N-dealkylation sites (tertiary alicyclic amines) is 2. The highest BCUT2D eigenvalue weighted by molar-refractivity contribution is 7.99. The fourth-order valence-electron chi connectivity index (χ4n) is 5.75. The number of hydrogen-bond acceptors (Lipinski definition) is 7. The Bertz CT molecular complexity index is 1510. The molecule has 1 amide bonds. The Labute approximate surface area is 226 Å². The average Bonchev–Trinajstić information content (AvgIpc) is 3.67. The van der Waals surface area contributed by atoms with Gasteiger partial charge in [0.05, 0.1) is 35.6 Å². The minimum atomic E-state index is 0.0431. The van der Waals surface area contributed by atoms with Crippen LogP contribution in [0.15, 0.2) is 59.0 Å². The van der Waals surface area contributed by atoms with E-state index in [4.69, 9.17) is 5.10 Å². The van der Waals surface area contributed by atoms with E-state index in [-0.39, 0.29) is 18.0 Å². The van der Waals surface area contributed by atoms with E-state index >= 15 is 0 Å². The highest BCUT2D eigenvalue weighted by Gasteiger charge is 2.34. The Morgan fingerprint density at radius 3 is 2.68 bits per heavy atom. The molecular formula is C28H30N8OS. The molecule has 9 nitrogen and oxygen atoms in total. The Kier molecular flexibility index (Phi) is 6.64. The molecule has 6 rings (SSSR count). The molecule has 10 heteroatoms. The fraction of sp³-hybridized carbons (Fsp3) is 0.393. The van der Waals surface area contributed by atoms with Crippen LogP contribution in [0.3, 0.4) is 0 Å². The molecule has 1 atom stereocenters. The van der Waals surface area contributed by atoms with Crippen molar-refractivity contribution >= 4 is 23.2 Å². The number of nitrogens with zero attached hydrogens (tertiary/aromatic N) is 8. The molecule has 2 aliphatic heterocycles. The lowest BCUT2D eigenvalue weighted by atomic mass is 10.0. The van der Waals surface area contributed by atoms with E-state index in [1.165, 1.54) is 11.8 Å². The summed E-state index contributed by atoms with van der Waals surface area (Å²) in [6.07, 6.45) is 11.1. The van der Waals surface area contributed by atoms with Gasteiger partial charge < -0.3 is 4.90 Å². The van der Waals surface area contributed by atoms with E-state index in [1.807, 2.05) is 35.5 Å². The third-order valence-corrected chi connectivity index (χ3v) is 8.81. The van der Waals surface area contributed by atoms with Crippen molar-refractivity contribution in [3.05, 3.63) is 60.3 Å². The summed E-state index contributed by atoms with van der Waals surface area (Å²) >= 11 is 1.52. The van der Waals surface area contributed by atoms with Crippen LogP contribution in [0.5, 0.6) is 0 Å². The quantitative estimate of drug-likeness (QED) is 0.385. The Hall–Kier alpha value is -3.68. The average molecular weight is 527 g/mol. The zero-order valence-electron chi connectivity index (χ0n) is 21.6. The lowest BCUT2D eigenvalue weighted by molar-refractivity contribution is -0.136. The van der Waals surface area contributed by atoms with Crippen molar-refractivity contribution < 1.29 is 4.79 Å². The molecule has 0 bridgehead atoms. The van der Waals surface area contributed by atoms with Crippen LogP contribution < -0.4 is 0 Å². The lowest BCUT2D eigenvalue weighted by Gasteiger charge is -2.35. The number of fused-ring (bicyclic) bond motifs is 1. The molecule has 4 aromatic heterocycles. The van der Waals surface area contributed by atoms with E-state index in [0.717, 1.165) is 77.6 Å². The minimum Gasteiger partial charge on any atom is -0.341 e. The molecule has 38 heavy (non-hydrogen) atoms. The summed E-state index contributed by atoms with van der Waals surface area (Å²) in [5.41, 5.74) is 4.43. The molecule has 0 aliphatic carbocycles. The normalized spacial score (nSPS) is 18.8. The highest BCUT2D eigenvalue weighted by atomic mass is 32.2. The molecule has 0 N–H and O–H groups in total. The van der Waals surface area contributed by atoms with Crippen molar-refractivity contribution in [3.8, 4) is 17.2 Å². The van der Waals surface area contributed by atoms with Gasteiger partial charge in [-0.2, -0.15) is 15.5 Å². The molecule has 0 aromatic carbocycles. The predicted octanol–water partition coefficient (Wildman–Crippen LogP) is 4.18. The molecule has 0 saturated carbocycles. The number of likely N-dealkylation sites (N-methyl/N-ethyl adjacent to an activating group) is 1.